The quantitative estimate of drug-likeness (QED) is 0.150. The molecule has 0 aliphatic carbocycles. The lowest BCUT2D eigenvalue weighted by molar-refractivity contribution is -0.132. The predicted octanol–water partition coefficient (Wildman–Crippen LogP) is 7.02. The fourth-order valence-electron chi connectivity index (χ4n) is 4.79. The summed E-state index contributed by atoms with van der Waals surface area (Å²) in [6.45, 7) is 11.2. The van der Waals surface area contributed by atoms with Gasteiger partial charge in [-0.05, 0) is 72.9 Å². The van der Waals surface area contributed by atoms with Crippen LogP contribution in [0.4, 0.5) is 5.13 Å². The number of nitrogens with zero attached hydrogens (tertiary/aromatic N) is 2. The van der Waals surface area contributed by atoms with Crippen LogP contribution < -0.4 is 14.4 Å². The molecule has 0 spiro atoms. The average molecular weight is 557 g/mol. The fourth-order valence-corrected chi connectivity index (χ4v) is 5.81. The topological polar surface area (TPSA) is 89.0 Å². The van der Waals surface area contributed by atoms with Gasteiger partial charge in [-0.15, -0.1) is 0 Å². The van der Waals surface area contributed by atoms with E-state index < -0.39 is 17.7 Å². The molecule has 0 radical (unpaired) electrons. The van der Waals surface area contributed by atoms with Crippen molar-refractivity contribution in [3.8, 4) is 11.5 Å². The molecule has 206 valence electrons. The number of aliphatic hydroxyl groups excluding tert-OH is 1. The molecule has 7 nitrogen and oxygen atoms in total. The summed E-state index contributed by atoms with van der Waals surface area (Å²) in [6, 6.07) is 19.3. The second-order valence-electron chi connectivity index (χ2n) is 10.6. The van der Waals surface area contributed by atoms with Crippen molar-refractivity contribution in [3.63, 3.8) is 0 Å². The number of carbonyl (C=O) groups is 2. The molecule has 40 heavy (non-hydrogen) atoms. The second-order valence-corrected chi connectivity index (χ2v) is 11.6. The summed E-state index contributed by atoms with van der Waals surface area (Å²) in [6.07, 6.45) is 0. The van der Waals surface area contributed by atoms with Crippen LogP contribution in [0.25, 0.3) is 16.0 Å². The van der Waals surface area contributed by atoms with Crippen molar-refractivity contribution in [1.29, 1.82) is 0 Å². The number of amides is 1. The summed E-state index contributed by atoms with van der Waals surface area (Å²) in [5, 5.41) is 11.8. The molecule has 1 N–H and O–H groups in total. The Balaban J connectivity index is 1.66. The van der Waals surface area contributed by atoms with Crippen molar-refractivity contribution in [1.82, 2.24) is 4.98 Å². The van der Waals surface area contributed by atoms with E-state index >= 15 is 0 Å². The molecular weight excluding hydrogens is 524 g/mol. The molecule has 0 bridgehead atoms. The average Bonchev–Trinajstić information content (AvgIpc) is 3.46. The smallest absolute Gasteiger partial charge is 0.301 e. The lowest BCUT2D eigenvalue weighted by atomic mass is 9.85. The highest BCUT2D eigenvalue weighted by Crippen LogP contribution is 2.45. The first kappa shape index (κ1) is 27.4. The van der Waals surface area contributed by atoms with Gasteiger partial charge in [0, 0.05) is 5.56 Å². The lowest BCUT2D eigenvalue weighted by Crippen LogP contribution is -2.29. The Morgan fingerprint density at radius 3 is 2.17 bits per heavy atom. The fraction of sp³-hybridized carbons (Fsp3) is 0.281. The first-order chi connectivity index (χ1) is 19.1. The summed E-state index contributed by atoms with van der Waals surface area (Å²) < 4.78 is 12.0. The number of Topliss-reactive ketones (excluding diaryl/α,β-unsaturated/α-hetero) is 1. The molecule has 1 aliphatic rings. The number of aromatic nitrogens is 1. The van der Waals surface area contributed by atoms with Crippen LogP contribution in [0.2, 0.25) is 0 Å². The van der Waals surface area contributed by atoms with Gasteiger partial charge in [0.05, 0.1) is 35.0 Å². The molecule has 1 unspecified atom stereocenters. The van der Waals surface area contributed by atoms with Crippen LogP contribution in [-0.2, 0) is 15.0 Å². The Hall–Kier alpha value is -4.17. The Morgan fingerprint density at radius 2 is 1.55 bits per heavy atom. The minimum atomic E-state index is -0.854. The highest BCUT2D eigenvalue weighted by molar-refractivity contribution is 7.22. The van der Waals surface area contributed by atoms with Crippen LogP contribution in [0.5, 0.6) is 11.5 Å². The van der Waals surface area contributed by atoms with E-state index in [2.05, 4.69) is 20.8 Å². The SMILES string of the molecule is CCOc1ccc(/C(O)=C2\C(=O)C(=O)N(c3nc4ccc(OCC)cc4s3)C2c2ccc(C(C)(C)C)cc2)cc1. The predicted molar refractivity (Wildman–Crippen MR) is 158 cm³/mol. The van der Waals surface area contributed by atoms with E-state index in [0.717, 1.165) is 10.3 Å². The molecule has 1 amide bonds. The number of benzene rings is 3. The number of aliphatic hydroxyl groups is 1. The van der Waals surface area contributed by atoms with Crippen molar-refractivity contribution in [2.24, 2.45) is 0 Å². The molecule has 0 saturated carbocycles. The first-order valence-corrected chi connectivity index (χ1v) is 14.1. The van der Waals surface area contributed by atoms with Gasteiger partial charge >= 0.3 is 5.91 Å². The third kappa shape index (κ3) is 5.07. The van der Waals surface area contributed by atoms with E-state index in [1.54, 1.807) is 24.3 Å². The van der Waals surface area contributed by atoms with Crippen molar-refractivity contribution in [3.05, 3.63) is 89.0 Å². The molecule has 1 aliphatic heterocycles. The normalized spacial score (nSPS) is 17.0. The Bertz CT molecular complexity index is 1600. The van der Waals surface area contributed by atoms with Crippen LogP contribution >= 0.6 is 11.3 Å². The van der Waals surface area contributed by atoms with Crippen molar-refractivity contribution in [2.45, 2.75) is 46.1 Å². The Labute approximate surface area is 237 Å². The number of ether oxygens (including phenoxy) is 2. The number of ketones is 1. The van der Waals surface area contributed by atoms with E-state index in [1.807, 2.05) is 56.3 Å². The van der Waals surface area contributed by atoms with Gasteiger partial charge in [-0.25, -0.2) is 4.98 Å². The highest BCUT2D eigenvalue weighted by atomic mass is 32.1. The van der Waals surface area contributed by atoms with Crippen LogP contribution in [0.3, 0.4) is 0 Å². The molecule has 1 fully saturated rings. The summed E-state index contributed by atoms with van der Waals surface area (Å²) in [7, 11) is 0. The van der Waals surface area contributed by atoms with Gasteiger partial charge in [0.1, 0.15) is 17.3 Å². The molecule has 3 aromatic carbocycles. The molecule has 1 aromatic heterocycles. The van der Waals surface area contributed by atoms with Gasteiger partial charge in [0.25, 0.3) is 5.78 Å². The van der Waals surface area contributed by atoms with E-state index in [4.69, 9.17) is 14.5 Å². The van der Waals surface area contributed by atoms with Gasteiger partial charge < -0.3 is 14.6 Å². The Morgan fingerprint density at radius 1 is 0.925 bits per heavy atom. The third-order valence-corrected chi connectivity index (χ3v) is 7.86. The molecule has 8 heteroatoms. The number of rotatable bonds is 7. The van der Waals surface area contributed by atoms with Gasteiger partial charge in [0.2, 0.25) is 0 Å². The maximum Gasteiger partial charge on any atom is 0.301 e. The van der Waals surface area contributed by atoms with Crippen molar-refractivity contribution in [2.75, 3.05) is 18.1 Å². The van der Waals surface area contributed by atoms with Crippen LogP contribution in [0, 0.1) is 0 Å². The molecule has 1 atom stereocenters. The third-order valence-electron chi connectivity index (χ3n) is 6.84. The monoisotopic (exact) mass is 556 g/mol. The lowest BCUT2D eigenvalue weighted by Gasteiger charge is -2.24. The summed E-state index contributed by atoms with van der Waals surface area (Å²) in [5.41, 5.74) is 2.87. The van der Waals surface area contributed by atoms with Crippen LogP contribution in [0.1, 0.15) is 57.4 Å². The minimum Gasteiger partial charge on any atom is -0.507 e. The number of carbonyl (C=O) groups excluding carboxylic acids is 2. The molecule has 2 heterocycles. The highest BCUT2D eigenvalue weighted by Gasteiger charge is 2.48. The Kier molecular flexibility index (Phi) is 7.38. The number of anilines is 1. The van der Waals surface area contributed by atoms with E-state index in [-0.39, 0.29) is 16.7 Å². The molecule has 1 saturated heterocycles. The number of thiazole rings is 1. The second kappa shape index (κ2) is 10.8. The molecule has 4 aromatic rings. The summed E-state index contributed by atoms with van der Waals surface area (Å²) in [5.74, 6) is -0.382. The molecule has 5 rings (SSSR count). The van der Waals surface area contributed by atoms with Crippen LogP contribution in [-0.4, -0.2) is 35.0 Å². The standard InChI is InChI=1S/C32H32N2O5S/c1-6-38-22-14-10-20(11-15-22)28(35)26-27(19-8-12-21(13-9-19)32(3,4)5)34(30(37)29(26)36)31-33-24-17-16-23(39-7-2)18-25(24)40-31/h8-18,27,35H,6-7H2,1-5H3/b28-26+. The van der Waals surface area contributed by atoms with Crippen molar-refractivity contribution < 1.29 is 24.2 Å². The molecular formula is C32H32N2O5S. The van der Waals surface area contributed by atoms with Gasteiger partial charge in [-0.3, -0.25) is 14.5 Å². The summed E-state index contributed by atoms with van der Waals surface area (Å²) >= 11 is 1.30. The minimum absolute atomic E-state index is 0.0203. The van der Waals surface area contributed by atoms with E-state index in [0.29, 0.717) is 46.5 Å². The van der Waals surface area contributed by atoms with E-state index in [9.17, 15) is 14.7 Å². The van der Waals surface area contributed by atoms with Gasteiger partial charge in [-0.1, -0.05) is 56.4 Å². The van der Waals surface area contributed by atoms with Crippen molar-refractivity contribution >= 4 is 44.1 Å². The summed E-state index contributed by atoms with van der Waals surface area (Å²) in [4.78, 5) is 33.3. The van der Waals surface area contributed by atoms with E-state index in [1.165, 1.54) is 16.2 Å². The zero-order valence-corrected chi connectivity index (χ0v) is 24.0. The van der Waals surface area contributed by atoms with Gasteiger partial charge in [0.15, 0.2) is 5.13 Å². The zero-order valence-electron chi connectivity index (χ0n) is 23.2. The maximum atomic E-state index is 13.6. The largest absolute Gasteiger partial charge is 0.507 e. The zero-order chi connectivity index (χ0) is 28.6. The number of hydrogen-bond donors (Lipinski definition) is 1. The van der Waals surface area contributed by atoms with Gasteiger partial charge in [-0.2, -0.15) is 0 Å². The number of fused-ring (bicyclic) bond motifs is 1. The first-order valence-electron chi connectivity index (χ1n) is 13.3. The van der Waals surface area contributed by atoms with Crippen LogP contribution in [0.15, 0.2) is 72.3 Å². The maximum absolute atomic E-state index is 13.6. The number of hydrogen-bond acceptors (Lipinski definition) is 7.